The van der Waals surface area contributed by atoms with Crippen LogP contribution in [0.1, 0.15) is 23.2 Å². The van der Waals surface area contributed by atoms with Gasteiger partial charge in [0.25, 0.3) is 0 Å². The molecule has 0 aliphatic rings. The van der Waals surface area contributed by atoms with E-state index in [9.17, 15) is 0 Å². The molecule has 0 aliphatic carbocycles. The van der Waals surface area contributed by atoms with Gasteiger partial charge in [-0.1, -0.05) is 70.9 Å². The summed E-state index contributed by atoms with van der Waals surface area (Å²) in [6.07, 6.45) is 0. The fraction of sp³-hybridized carbons (Fsp3) is 0.143. The topological polar surface area (TPSA) is 97.5 Å². The van der Waals surface area contributed by atoms with E-state index in [0.717, 1.165) is 11.1 Å². The first-order valence-corrected chi connectivity index (χ1v) is 6.05. The Labute approximate surface area is 115 Å². The second-order valence-corrected chi connectivity index (χ2v) is 4.12. The maximum absolute atomic E-state index is 8.79. The van der Waals surface area contributed by atoms with E-state index in [2.05, 4.69) is 20.1 Å². The standard InChI is InChI=1S/C14H12N6/c15-19-17-13(11-7-3-1-4-8-11)14(18-20-16)12-9-5-2-6-10-12/h1-10,13-14H. The van der Waals surface area contributed by atoms with Crippen LogP contribution in [0.5, 0.6) is 0 Å². The number of hydrogen-bond acceptors (Lipinski definition) is 2. The number of rotatable bonds is 5. The van der Waals surface area contributed by atoms with Crippen LogP contribution in [-0.4, -0.2) is 0 Å². The molecular formula is C14H12N6. The molecule has 0 spiro atoms. The molecule has 0 heterocycles. The Balaban J connectivity index is 2.49. The fourth-order valence-electron chi connectivity index (χ4n) is 2.04. The molecule has 0 aliphatic heterocycles. The summed E-state index contributed by atoms with van der Waals surface area (Å²) in [5.41, 5.74) is 19.2. The molecule has 0 radical (unpaired) electrons. The molecular weight excluding hydrogens is 252 g/mol. The van der Waals surface area contributed by atoms with Gasteiger partial charge in [-0.3, -0.25) is 0 Å². The van der Waals surface area contributed by atoms with Crippen LogP contribution >= 0.6 is 0 Å². The minimum Gasteiger partial charge on any atom is -0.0851 e. The molecule has 2 aromatic rings. The van der Waals surface area contributed by atoms with Crippen LogP contribution < -0.4 is 0 Å². The van der Waals surface area contributed by atoms with E-state index >= 15 is 0 Å². The second kappa shape index (κ2) is 6.85. The van der Waals surface area contributed by atoms with Crippen molar-refractivity contribution in [2.45, 2.75) is 12.1 Å². The summed E-state index contributed by atoms with van der Waals surface area (Å²) in [6.45, 7) is 0. The van der Waals surface area contributed by atoms with Crippen LogP contribution in [0, 0.1) is 0 Å². The van der Waals surface area contributed by atoms with Gasteiger partial charge >= 0.3 is 0 Å². The van der Waals surface area contributed by atoms with Gasteiger partial charge in [0.2, 0.25) is 0 Å². The molecule has 98 valence electrons. The van der Waals surface area contributed by atoms with Crippen LogP contribution in [0.2, 0.25) is 0 Å². The molecule has 2 rings (SSSR count). The molecule has 0 amide bonds. The van der Waals surface area contributed by atoms with Crippen LogP contribution in [0.25, 0.3) is 20.9 Å². The Kier molecular flexibility index (Phi) is 4.62. The molecule has 6 heteroatoms. The van der Waals surface area contributed by atoms with Crippen molar-refractivity contribution in [1.29, 1.82) is 0 Å². The molecule has 0 bridgehead atoms. The van der Waals surface area contributed by atoms with Gasteiger partial charge in [0.1, 0.15) is 0 Å². The minimum atomic E-state index is -0.570. The van der Waals surface area contributed by atoms with Crippen molar-refractivity contribution in [2.24, 2.45) is 10.2 Å². The van der Waals surface area contributed by atoms with E-state index in [0.29, 0.717) is 0 Å². The largest absolute Gasteiger partial charge is 0.0851 e. The van der Waals surface area contributed by atoms with Crippen molar-refractivity contribution in [2.75, 3.05) is 0 Å². The Morgan fingerprint density at radius 1 is 0.650 bits per heavy atom. The van der Waals surface area contributed by atoms with E-state index in [-0.39, 0.29) is 0 Å². The van der Waals surface area contributed by atoms with Gasteiger partial charge < -0.3 is 0 Å². The lowest BCUT2D eigenvalue weighted by molar-refractivity contribution is 0.569. The van der Waals surface area contributed by atoms with Crippen molar-refractivity contribution in [3.63, 3.8) is 0 Å². The highest BCUT2D eigenvalue weighted by molar-refractivity contribution is 5.27. The third-order valence-electron chi connectivity index (χ3n) is 2.93. The smallest absolute Gasteiger partial charge is 0.0750 e. The second-order valence-electron chi connectivity index (χ2n) is 4.12. The molecule has 2 atom stereocenters. The molecule has 0 saturated carbocycles. The zero-order valence-electron chi connectivity index (χ0n) is 10.6. The van der Waals surface area contributed by atoms with E-state index in [4.69, 9.17) is 11.1 Å². The summed E-state index contributed by atoms with van der Waals surface area (Å²) in [5, 5.41) is 7.61. The van der Waals surface area contributed by atoms with Gasteiger partial charge in [0, 0.05) is 9.82 Å². The third-order valence-corrected chi connectivity index (χ3v) is 2.93. The predicted octanol–water partition coefficient (Wildman–Crippen LogP) is 5.09. The van der Waals surface area contributed by atoms with Crippen molar-refractivity contribution in [3.05, 3.63) is 92.7 Å². The van der Waals surface area contributed by atoms with Crippen molar-refractivity contribution in [3.8, 4) is 0 Å². The van der Waals surface area contributed by atoms with E-state index in [1.54, 1.807) is 0 Å². The Hall–Kier alpha value is -2.94. The summed E-state index contributed by atoms with van der Waals surface area (Å²) in [4.78, 5) is 5.77. The molecule has 0 N–H and O–H groups in total. The third kappa shape index (κ3) is 3.09. The number of nitrogens with zero attached hydrogens (tertiary/aromatic N) is 6. The zero-order valence-corrected chi connectivity index (χ0v) is 10.6. The predicted molar refractivity (Wildman–Crippen MR) is 76.7 cm³/mol. The SMILES string of the molecule is [N-]=[N+]=NC(c1ccccc1)C(N=[N+]=[N-])c1ccccc1. The van der Waals surface area contributed by atoms with Crippen LogP contribution in [0.4, 0.5) is 0 Å². The van der Waals surface area contributed by atoms with Crippen LogP contribution in [0.3, 0.4) is 0 Å². The first-order valence-electron chi connectivity index (χ1n) is 6.05. The maximum atomic E-state index is 8.79. The van der Waals surface area contributed by atoms with E-state index < -0.39 is 12.1 Å². The van der Waals surface area contributed by atoms with Crippen LogP contribution in [-0.2, 0) is 0 Å². The quantitative estimate of drug-likeness (QED) is 0.408. The molecule has 0 aromatic heterocycles. The fourth-order valence-corrected chi connectivity index (χ4v) is 2.04. The number of azide groups is 2. The summed E-state index contributed by atoms with van der Waals surface area (Å²) < 4.78 is 0. The number of hydrogen-bond donors (Lipinski definition) is 0. The van der Waals surface area contributed by atoms with Crippen molar-refractivity contribution in [1.82, 2.24) is 0 Å². The Morgan fingerprint density at radius 3 is 1.30 bits per heavy atom. The summed E-state index contributed by atoms with van der Waals surface area (Å²) in [5.74, 6) is 0. The highest BCUT2D eigenvalue weighted by Crippen LogP contribution is 2.35. The lowest BCUT2D eigenvalue weighted by Crippen LogP contribution is -2.06. The van der Waals surface area contributed by atoms with Gasteiger partial charge in [-0.15, -0.1) is 0 Å². The molecule has 2 unspecified atom stereocenters. The lowest BCUT2D eigenvalue weighted by atomic mass is 9.95. The minimum absolute atomic E-state index is 0.570. The maximum Gasteiger partial charge on any atom is 0.0750 e. The molecule has 20 heavy (non-hydrogen) atoms. The molecule has 0 fully saturated rings. The van der Waals surface area contributed by atoms with Gasteiger partial charge in [-0.2, -0.15) is 0 Å². The Morgan fingerprint density at radius 2 is 1.00 bits per heavy atom. The van der Waals surface area contributed by atoms with Gasteiger partial charge in [0.05, 0.1) is 12.1 Å². The van der Waals surface area contributed by atoms with E-state index in [1.807, 2.05) is 60.7 Å². The number of benzene rings is 2. The van der Waals surface area contributed by atoms with Gasteiger partial charge in [0.15, 0.2) is 0 Å². The van der Waals surface area contributed by atoms with E-state index in [1.165, 1.54) is 0 Å². The average Bonchev–Trinajstić information content (AvgIpc) is 2.52. The molecule has 0 saturated heterocycles. The normalized spacial score (nSPS) is 12.6. The monoisotopic (exact) mass is 264 g/mol. The molecule has 6 nitrogen and oxygen atoms in total. The summed E-state index contributed by atoms with van der Waals surface area (Å²) in [7, 11) is 0. The van der Waals surface area contributed by atoms with Crippen molar-refractivity contribution >= 4 is 0 Å². The first-order chi connectivity index (χ1) is 9.86. The zero-order chi connectivity index (χ0) is 14.2. The molecule has 2 aromatic carbocycles. The highest BCUT2D eigenvalue weighted by atomic mass is 15.2. The highest BCUT2D eigenvalue weighted by Gasteiger charge is 2.22. The first kappa shape index (κ1) is 13.5. The lowest BCUT2D eigenvalue weighted by Gasteiger charge is -2.19. The van der Waals surface area contributed by atoms with Crippen LogP contribution in [0.15, 0.2) is 70.9 Å². The van der Waals surface area contributed by atoms with Crippen molar-refractivity contribution < 1.29 is 0 Å². The Bertz CT molecular complexity index is 582. The average molecular weight is 264 g/mol. The van der Waals surface area contributed by atoms with Gasteiger partial charge in [-0.05, 0) is 22.2 Å². The summed E-state index contributed by atoms with van der Waals surface area (Å²) in [6, 6.07) is 17.4. The van der Waals surface area contributed by atoms with Gasteiger partial charge in [-0.25, -0.2) is 0 Å². The summed E-state index contributed by atoms with van der Waals surface area (Å²) >= 11 is 0.